The van der Waals surface area contributed by atoms with Crippen molar-refractivity contribution < 1.29 is 8.42 Å². The summed E-state index contributed by atoms with van der Waals surface area (Å²) in [4.78, 5) is 4.21. The Morgan fingerprint density at radius 1 is 1.20 bits per heavy atom. The maximum absolute atomic E-state index is 11.4. The van der Waals surface area contributed by atoms with E-state index in [9.17, 15) is 8.42 Å². The van der Waals surface area contributed by atoms with Crippen LogP contribution in [0.2, 0.25) is 0 Å². The van der Waals surface area contributed by atoms with Crippen LogP contribution in [-0.4, -0.2) is 46.3 Å². The fourth-order valence-electron chi connectivity index (χ4n) is 2.73. The Labute approximate surface area is 121 Å². The van der Waals surface area contributed by atoms with Gasteiger partial charge in [0.25, 0.3) is 0 Å². The molecule has 7 heteroatoms. The van der Waals surface area contributed by atoms with Crippen LogP contribution >= 0.6 is 0 Å². The molecule has 0 heterocycles. The summed E-state index contributed by atoms with van der Waals surface area (Å²) in [6.07, 6.45) is 7.90. The topological polar surface area (TPSA) is 82.6 Å². The molecule has 2 fully saturated rings. The molecule has 0 amide bonds. The molecule has 0 aliphatic heterocycles. The number of nitrogens with one attached hydrogen (secondary N) is 3. The standard InChI is InChI=1S/C13H26N4O2S/c1-14-13(16-11-7-8-11)15-9-10-5-3-4-6-12(10)17-20(2,18)19/h10-12,17H,3-9H2,1-2H3,(H2,14,15,16). The van der Waals surface area contributed by atoms with Gasteiger partial charge in [-0.2, -0.15) is 0 Å². The van der Waals surface area contributed by atoms with Crippen molar-refractivity contribution in [3.63, 3.8) is 0 Å². The first-order valence-electron chi connectivity index (χ1n) is 7.42. The number of nitrogens with zero attached hydrogens (tertiary/aromatic N) is 1. The molecule has 116 valence electrons. The predicted molar refractivity (Wildman–Crippen MR) is 81.2 cm³/mol. The van der Waals surface area contributed by atoms with Crippen molar-refractivity contribution in [2.45, 2.75) is 50.6 Å². The molecule has 0 aromatic carbocycles. The lowest BCUT2D eigenvalue weighted by atomic mass is 9.85. The van der Waals surface area contributed by atoms with Crippen LogP contribution in [0.5, 0.6) is 0 Å². The molecular formula is C13H26N4O2S. The molecule has 0 spiro atoms. The van der Waals surface area contributed by atoms with Gasteiger partial charge in [-0.25, -0.2) is 13.1 Å². The third kappa shape index (κ3) is 5.28. The van der Waals surface area contributed by atoms with E-state index in [1.54, 1.807) is 7.05 Å². The van der Waals surface area contributed by atoms with Gasteiger partial charge in [0.05, 0.1) is 6.26 Å². The van der Waals surface area contributed by atoms with Gasteiger partial charge in [-0.15, -0.1) is 0 Å². The first kappa shape index (κ1) is 15.6. The molecule has 2 aliphatic rings. The van der Waals surface area contributed by atoms with Crippen LogP contribution in [-0.2, 0) is 10.0 Å². The van der Waals surface area contributed by atoms with Crippen LogP contribution in [0.25, 0.3) is 0 Å². The lowest BCUT2D eigenvalue weighted by Gasteiger charge is -2.32. The molecule has 0 aromatic rings. The minimum absolute atomic E-state index is 0.0466. The smallest absolute Gasteiger partial charge is 0.208 e. The van der Waals surface area contributed by atoms with Crippen molar-refractivity contribution in [2.75, 3.05) is 19.8 Å². The van der Waals surface area contributed by atoms with Crippen molar-refractivity contribution in [2.24, 2.45) is 10.9 Å². The monoisotopic (exact) mass is 302 g/mol. The van der Waals surface area contributed by atoms with Gasteiger partial charge in [-0.1, -0.05) is 12.8 Å². The highest BCUT2D eigenvalue weighted by Crippen LogP contribution is 2.24. The summed E-state index contributed by atoms with van der Waals surface area (Å²) in [6, 6.07) is 0.614. The minimum atomic E-state index is -3.13. The molecule has 0 aromatic heterocycles. The van der Waals surface area contributed by atoms with Crippen LogP contribution in [0.1, 0.15) is 38.5 Å². The zero-order chi connectivity index (χ0) is 14.6. The van der Waals surface area contributed by atoms with Crippen LogP contribution in [0, 0.1) is 5.92 Å². The quantitative estimate of drug-likeness (QED) is 0.508. The zero-order valence-corrected chi connectivity index (χ0v) is 13.2. The average molecular weight is 302 g/mol. The Balaban J connectivity index is 1.84. The van der Waals surface area contributed by atoms with E-state index in [0.717, 1.165) is 31.8 Å². The van der Waals surface area contributed by atoms with E-state index < -0.39 is 10.0 Å². The van der Waals surface area contributed by atoms with Crippen LogP contribution in [0.4, 0.5) is 0 Å². The summed E-state index contributed by atoms with van der Waals surface area (Å²) in [5, 5.41) is 6.67. The molecule has 0 radical (unpaired) electrons. The van der Waals surface area contributed by atoms with Gasteiger partial charge in [-0.3, -0.25) is 4.99 Å². The molecule has 2 atom stereocenters. The number of hydrogen-bond donors (Lipinski definition) is 3. The molecule has 6 nitrogen and oxygen atoms in total. The second-order valence-electron chi connectivity index (χ2n) is 5.91. The van der Waals surface area contributed by atoms with Gasteiger partial charge in [0, 0.05) is 25.7 Å². The minimum Gasteiger partial charge on any atom is -0.356 e. The number of guanidine groups is 1. The van der Waals surface area contributed by atoms with Crippen molar-refractivity contribution >= 4 is 16.0 Å². The highest BCUT2D eigenvalue weighted by Gasteiger charge is 2.28. The van der Waals surface area contributed by atoms with E-state index in [1.807, 2.05) is 0 Å². The van der Waals surface area contributed by atoms with Crippen LogP contribution in [0.15, 0.2) is 4.99 Å². The van der Waals surface area contributed by atoms with E-state index in [4.69, 9.17) is 0 Å². The molecule has 0 saturated heterocycles. The first-order valence-corrected chi connectivity index (χ1v) is 9.31. The summed E-state index contributed by atoms with van der Waals surface area (Å²) >= 11 is 0. The largest absolute Gasteiger partial charge is 0.356 e. The molecular weight excluding hydrogens is 276 g/mol. The zero-order valence-electron chi connectivity index (χ0n) is 12.4. The van der Waals surface area contributed by atoms with Gasteiger partial charge < -0.3 is 10.6 Å². The lowest BCUT2D eigenvalue weighted by Crippen LogP contribution is -2.48. The van der Waals surface area contributed by atoms with Gasteiger partial charge in [-0.05, 0) is 31.6 Å². The molecule has 0 bridgehead atoms. The Hall–Kier alpha value is -0.820. The van der Waals surface area contributed by atoms with E-state index in [0.29, 0.717) is 12.0 Å². The highest BCUT2D eigenvalue weighted by atomic mass is 32.2. The summed E-state index contributed by atoms with van der Waals surface area (Å²) in [5.41, 5.74) is 0. The van der Waals surface area contributed by atoms with E-state index in [2.05, 4.69) is 20.3 Å². The third-order valence-corrected chi connectivity index (χ3v) is 4.68. The SMILES string of the molecule is CN=C(NCC1CCCCC1NS(C)(=O)=O)NC1CC1. The third-order valence-electron chi connectivity index (χ3n) is 3.95. The summed E-state index contributed by atoms with van der Waals surface area (Å²) < 4.78 is 25.6. The van der Waals surface area contributed by atoms with Gasteiger partial charge >= 0.3 is 0 Å². The molecule has 2 unspecified atom stereocenters. The van der Waals surface area contributed by atoms with Crippen molar-refractivity contribution in [1.82, 2.24) is 15.4 Å². The predicted octanol–water partition coefficient (Wildman–Crippen LogP) is 0.422. The molecule has 2 rings (SSSR count). The highest BCUT2D eigenvalue weighted by molar-refractivity contribution is 7.88. The normalized spacial score (nSPS) is 28.2. The Bertz CT molecular complexity index is 445. The van der Waals surface area contributed by atoms with Gasteiger partial charge in [0.1, 0.15) is 0 Å². The van der Waals surface area contributed by atoms with Gasteiger partial charge in [0.2, 0.25) is 10.0 Å². The Kier molecular flexibility index (Phi) is 5.26. The van der Waals surface area contributed by atoms with Crippen LogP contribution < -0.4 is 15.4 Å². The summed E-state index contributed by atoms with van der Waals surface area (Å²) in [7, 11) is -1.36. The molecule has 2 aliphatic carbocycles. The lowest BCUT2D eigenvalue weighted by molar-refractivity contribution is 0.289. The Morgan fingerprint density at radius 3 is 2.50 bits per heavy atom. The fraction of sp³-hybridized carbons (Fsp3) is 0.923. The van der Waals surface area contributed by atoms with Crippen LogP contribution in [0.3, 0.4) is 0 Å². The molecule has 2 saturated carbocycles. The van der Waals surface area contributed by atoms with Crippen molar-refractivity contribution in [3.8, 4) is 0 Å². The van der Waals surface area contributed by atoms with Crippen molar-refractivity contribution in [1.29, 1.82) is 0 Å². The maximum atomic E-state index is 11.4. The van der Waals surface area contributed by atoms with E-state index in [-0.39, 0.29) is 6.04 Å². The second-order valence-corrected chi connectivity index (χ2v) is 7.69. The Morgan fingerprint density at radius 2 is 1.90 bits per heavy atom. The summed E-state index contributed by atoms with van der Waals surface area (Å²) in [5.74, 6) is 1.16. The molecule has 3 N–H and O–H groups in total. The van der Waals surface area contributed by atoms with E-state index in [1.165, 1.54) is 25.5 Å². The maximum Gasteiger partial charge on any atom is 0.208 e. The average Bonchev–Trinajstić information content (AvgIpc) is 3.18. The second kappa shape index (κ2) is 6.76. The number of aliphatic imine (C=N–C) groups is 1. The van der Waals surface area contributed by atoms with Gasteiger partial charge in [0.15, 0.2) is 5.96 Å². The number of sulfonamides is 1. The number of rotatable bonds is 5. The van der Waals surface area contributed by atoms with Crippen molar-refractivity contribution in [3.05, 3.63) is 0 Å². The number of hydrogen-bond acceptors (Lipinski definition) is 3. The first-order chi connectivity index (χ1) is 9.48. The summed E-state index contributed by atoms with van der Waals surface area (Å²) in [6.45, 7) is 0.763. The van der Waals surface area contributed by atoms with E-state index >= 15 is 0 Å². The molecule has 20 heavy (non-hydrogen) atoms. The fourth-order valence-corrected chi connectivity index (χ4v) is 3.59.